The van der Waals surface area contributed by atoms with Crippen LogP contribution in [0.1, 0.15) is 38.3 Å². The highest BCUT2D eigenvalue weighted by Gasteiger charge is 2.20. The second-order valence-electron chi connectivity index (χ2n) is 5.60. The lowest BCUT2D eigenvalue weighted by atomic mass is 9.84. The molecule has 4 heteroatoms. The van der Waals surface area contributed by atoms with Crippen LogP contribution in [0.25, 0.3) is 0 Å². The van der Waals surface area contributed by atoms with E-state index in [2.05, 4.69) is 67.6 Å². The predicted molar refractivity (Wildman–Crippen MR) is 99.3 cm³/mol. The number of rotatable bonds is 5. The first-order valence-corrected chi connectivity index (χ1v) is 7.01. The fourth-order valence-electron chi connectivity index (χ4n) is 1.88. The molecule has 1 rings (SSSR count). The van der Waals surface area contributed by atoms with Crippen molar-refractivity contribution in [3.05, 3.63) is 35.4 Å². The van der Waals surface area contributed by atoms with E-state index >= 15 is 0 Å². The summed E-state index contributed by atoms with van der Waals surface area (Å²) in [5, 5.41) is 6.69. The zero-order valence-corrected chi connectivity index (χ0v) is 15.6. The Morgan fingerprint density at radius 2 is 1.75 bits per heavy atom. The average Bonchev–Trinajstić information content (AvgIpc) is 2.39. The molecule has 0 amide bonds. The normalized spacial score (nSPS) is 11.8. The summed E-state index contributed by atoms with van der Waals surface area (Å²) in [6, 6.07) is 8.75. The maximum Gasteiger partial charge on any atom is 0.191 e. The molecule has 0 radical (unpaired) electrons. The van der Waals surface area contributed by atoms with Crippen molar-refractivity contribution in [2.45, 2.75) is 39.5 Å². The number of halogens is 1. The Kier molecular flexibility index (Phi) is 8.85. The SMILES string of the molecule is CCCNC(=NC)NCC(C)(C)c1ccc(C)cc1.I. The molecule has 20 heavy (non-hydrogen) atoms. The maximum atomic E-state index is 4.23. The van der Waals surface area contributed by atoms with E-state index in [1.54, 1.807) is 0 Å². The van der Waals surface area contributed by atoms with Crippen molar-refractivity contribution in [2.75, 3.05) is 20.1 Å². The zero-order valence-electron chi connectivity index (χ0n) is 13.3. The van der Waals surface area contributed by atoms with Gasteiger partial charge in [-0.2, -0.15) is 0 Å². The molecule has 0 saturated heterocycles. The van der Waals surface area contributed by atoms with Gasteiger partial charge in [0.15, 0.2) is 5.96 Å². The number of nitrogens with zero attached hydrogens (tertiary/aromatic N) is 1. The summed E-state index contributed by atoms with van der Waals surface area (Å²) in [7, 11) is 1.81. The van der Waals surface area contributed by atoms with Crippen molar-refractivity contribution >= 4 is 29.9 Å². The number of nitrogens with one attached hydrogen (secondary N) is 2. The zero-order chi connectivity index (χ0) is 14.3. The lowest BCUT2D eigenvalue weighted by Gasteiger charge is -2.27. The summed E-state index contributed by atoms with van der Waals surface area (Å²) >= 11 is 0. The number of aliphatic imine (C=N–C) groups is 1. The predicted octanol–water partition coefficient (Wildman–Crippen LogP) is 3.47. The largest absolute Gasteiger partial charge is 0.356 e. The van der Waals surface area contributed by atoms with Gasteiger partial charge in [-0.1, -0.05) is 50.6 Å². The molecule has 0 bridgehead atoms. The number of hydrogen-bond donors (Lipinski definition) is 2. The summed E-state index contributed by atoms with van der Waals surface area (Å²) in [6.07, 6.45) is 1.10. The summed E-state index contributed by atoms with van der Waals surface area (Å²) < 4.78 is 0. The van der Waals surface area contributed by atoms with Gasteiger partial charge >= 0.3 is 0 Å². The Bertz CT molecular complexity index is 410. The summed E-state index contributed by atoms with van der Waals surface area (Å²) in [4.78, 5) is 4.23. The monoisotopic (exact) mass is 389 g/mol. The molecule has 2 N–H and O–H groups in total. The molecule has 0 aliphatic rings. The van der Waals surface area contributed by atoms with Gasteiger partial charge in [-0.3, -0.25) is 4.99 Å². The standard InChI is InChI=1S/C16H27N3.HI/c1-6-11-18-15(17-5)19-12-16(3,4)14-9-7-13(2)8-10-14;/h7-10H,6,11-12H2,1-5H3,(H2,17,18,19);1H. The van der Waals surface area contributed by atoms with Crippen molar-refractivity contribution in [1.82, 2.24) is 10.6 Å². The van der Waals surface area contributed by atoms with E-state index in [0.29, 0.717) is 0 Å². The smallest absolute Gasteiger partial charge is 0.191 e. The van der Waals surface area contributed by atoms with Crippen molar-refractivity contribution in [3.8, 4) is 0 Å². The van der Waals surface area contributed by atoms with Crippen LogP contribution < -0.4 is 10.6 Å². The number of hydrogen-bond acceptors (Lipinski definition) is 1. The molecule has 0 fully saturated rings. The first kappa shape index (κ1) is 19.2. The van der Waals surface area contributed by atoms with E-state index in [0.717, 1.165) is 25.5 Å². The van der Waals surface area contributed by atoms with E-state index in [9.17, 15) is 0 Å². The second-order valence-corrected chi connectivity index (χ2v) is 5.60. The highest BCUT2D eigenvalue weighted by atomic mass is 127. The average molecular weight is 389 g/mol. The Morgan fingerprint density at radius 3 is 2.25 bits per heavy atom. The fourth-order valence-corrected chi connectivity index (χ4v) is 1.88. The maximum absolute atomic E-state index is 4.23. The van der Waals surface area contributed by atoms with Gasteiger partial charge in [-0.15, -0.1) is 24.0 Å². The highest BCUT2D eigenvalue weighted by molar-refractivity contribution is 14.0. The van der Waals surface area contributed by atoms with Gasteiger partial charge in [-0.05, 0) is 18.9 Å². The van der Waals surface area contributed by atoms with Crippen LogP contribution in [-0.4, -0.2) is 26.1 Å². The van der Waals surface area contributed by atoms with Crippen LogP contribution in [-0.2, 0) is 5.41 Å². The molecule has 0 aliphatic heterocycles. The van der Waals surface area contributed by atoms with Crippen LogP contribution in [0, 0.1) is 6.92 Å². The topological polar surface area (TPSA) is 36.4 Å². The summed E-state index contributed by atoms with van der Waals surface area (Å²) in [5.41, 5.74) is 2.72. The lowest BCUT2D eigenvalue weighted by Crippen LogP contribution is -2.43. The van der Waals surface area contributed by atoms with Gasteiger partial charge < -0.3 is 10.6 Å². The van der Waals surface area contributed by atoms with E-state index in [-0.39, 0.29) is 29.4 Å². The molecular weight excluding hydrogens is 361 g/mol. The molecule has 0 aromatic heterocycles. The van der Waals surface area contributed by atoms with Crippen molar-refractivity contribution in [2.24, 2.45) is 4.99 Å². The van der Waals surface area contributed by atoms with Crippen LogP contribution in [0.15, 0.2) is 29.3 Å². The molecule has 0 atom stereocenters. The minimum Gasteiger partial charge on any atom is -0.356 e. The Hall–Kier alpha value is -0.780. The third-order valence-corrected chi connectivity index (χ3v) is 3.30. The molecule has 0 heterocycles. The summed E-state index contributed by atoms with van der Waals surface area (Å²) in [6.45, 7) is 10.6. The fraction of sp³-hybridized carbons (Fsp3) is 0.562. The number of guanidine groups is 1. The first-order valence-electron chi connectivity index (χ1n) is 7.01. The van der Waals surface area contributed by atoms with Crippen molar-refractivity contribution in [3.63, 3.8) is 0 Å². The van der Waals surface area contributed by atoms with E-state index in [1.165, 1.54) is 11.1 Å². The second kappa shape index (κ2) is 9.21. The van der Waals surface area contributed by atoms with Gasteiger partial charge in [0.2, 0.25) is 0 Å². The third kappa shape index (κ3) is 6.11. The van der Waals surface area contributed by atoms with Crippen LogP contribution >= 0.6 is 24.0 Å². The number of benzene rings is 1. The van der Waals surface area contributed by atoms with Crippen molar-refractivity contribution in [1.29, 1.82) is 0 Å². The molecule has 0 aliphatic carbocycles. The quantitative estimate of drug-likeness (QED) is 0.460. The molecule has 114 valence electrons. The molecule has 0 spiro atoms. The lowest BCUT2D eigenvalue weighted by molar-refractivity contribution is 0.508. The van der Waals surface area contributed by atoms with E-state index < -0.39 is 0 Å². The van der Waals surface area contributed by atoms with Gasteiger partial charge in [-0.25, -0.2) is 0 Å². The summed E-state index contributed by atoms with van der Waals surface area (Å²) in [5.74, 6) is 0.877. The van der Waals surface area contributed by atoms with Gasteiger partial charge in [0.05, 0.1) is 0 Å². The molecule has 1 aromatic carbocycles. The van der Waals surface area contributed by atoms with Crippen LogP contribution in [0.3, 0.4) is 0 Å². The number of aryl methyl sites for hydroxylation is 1. The molecule has 3 nitrogen and oxygen atoms in total. The molecule has 1 aromatic rings. The Morgan fingerprint density at radius 1 is 1.15 bits per heavy atom. The van der Waals surface area contributed by atoms with Crippen molar-refractivity contribution < 1.29 is 0 Å². The molecular formula is C16H28IN3. The minimum absolute atomic E-state index is 0. The van der Waals surface area contributed by atoms with Gasteiger partial charge in [0.25, 0.3) is 0 Å². The Labute approximate surface area is 140 Å². The highest BCUT2D eigenvalue weighted by Crippen LogP contribution is 2.22. The molecule has 0 unspecified atom stereocenters. The molecule has 0 saturated carbocycles. The first-order chi connectivity index (χ1) is 8.99. The van der Waals surface area contributed by atoms with Crippen LogP contribution in [0.4, 0.5) is 0 Å². The van der Waals surface area contributed by atoms with E-state index in [4.69, 9.17) is 0 Å². The Balaban J connectivity index is 0.00000361. The van der Waals surface area contributed by atoms with Crippen LogP contribution in [0.2, 0.25) is 0 Å². The van der Waals surface area contributed by atoms with Gasteiger partial charge in [0.1, 0.15) is 0 Å². The minimum atomic E-state index is 0. The van der Waals surface area contributed by atoms with Gasteiger partial charge in [0, 0.05) is 25.6 Å². The third-order valence-electron chi connectivity index (χ3n) is 3.30. The van der Waals surface area contributed by atoms with E-state index in [1.807, 2.05) is 7.05 Å². The van der Waals surface area contributed by atoms with Crippen LogP contribution in [0.5, 0.6) is 0 Å².